The maximum Gasteiger partial charge on any atom is 0.359 e. The number of ether oxygens (including phenoxy) is 1. The van der Waals surface area contributed by atoms with Gasteiger partial charge in [-0.1, -0.05) is 23.7 Å². The molecule has 0 aliphatic heterocycles. The van der Waals surface area contributed by atoms with Crippen LogP contribution in [-0.4, -0.2) is 32.7 Å². The highest BCUT2D eigenvalue weighted by Crippen LogP contribution is 2.19. The van der Waals surface area contributed by atoms with Gasteiger partial charge in [-0.3, -0.25) is 4.79 Å². The number of aromatic nitrogens is 3. The third kappa shape index (κ3) is 5.27. The fourth-order valence-corrected chi connectivity index (χ4v) is 3.17. The Kier molecular flexibility index (Phi) is 6.70. The Morgan fingerprint density at radius 2 is 1.81 bits per heavy atom. The van der Waals surface area contributed by atoms with Gasteiger partial charge in [0.05, 0.1) is 16.8 Å². The predicted molar refractivity (Wildman–Crippen MR) is 114 cm³/mol. The highest BCUT2D eigenvalue weighted by Gasteiger charge is 2.24. The number of carbonyl (C=O) groups is 2. The summed E-state index contributed by atoms with van der Waals surface area (Å²) in [5.74, 6) is -1.29. The summed E-state index contributed by atoms with van der Waals surface area (Å²) in [6, 6.07) is 10.4. The molecule has 3 rings (SSSR count). The Bertz CT molecular complexity index is 1110. The summed E-state index contributed by atoms with van der Waals surface area (Å²) in [5, 5.41) is 7.17. The van der Waals surface area contributed by atoms with E-state index in [0.717, 1.165) is 17.0 Å². The van der Waals surface area contributed by atoms with E-state index in [1.807, 2.05) is 19.9 Å². The summed E-state index contributed by atoms with van der Waals surface area (Å²) >= 11 is 6.14. The number of pyridine rings is 1. The second-order valence-corrected chi connectivity index (χ2v) is 7.58. The van der Waals surface area contributed by atoms with Gasteiger partial charge in [-0.05, 0) is 63.6 Å². The van der Waals surface area contributed by atoms with Crippen LogP contribution < -0.4 is 5.32 Å². The van der Waals surface area contributed by atoms with Crippen LogP contribution in [0, 0.1) is 19.7 Å². The number of nitrogens with zero attached hydrogens (tertiary/aromatic N) is 3. The van der Waals surface area contributed by atoms with Crippen LogP contribution in [0.15, 0.2) is 42.5 Å². The maximum absolute atomic E-state index is 13.1. The van der Waals surface area contributed by atoms with Crippen LogP contribution in [0.2, 0.25) is 5.02 Å². The molecule has 0 aliphatic rings. The first-order valence-corrected chi connectivity index (χ1v) is 10.0. The Hall–Kier alpha value is -3.26. The van der Waals surface area contributed by atoms with Crippen molar-refractivity contribution < 1.29 is 18.7 Å². The monoisotopic (exact) mass is 444 g/mol. The van der Waals surface area contributed by atoms with E-state index in [9.17, 15) is 14.0 Å². The van der Waals surface area contributed by atoms with Gasteiger partial charge in [-0.2, -0.15) is 5.10 Å². The number of halogens is 2. The first-order chi connectivity index (χ1) is 14.7. The van der Waals surface area contributed by atoms with Gasteiger partial charge in [-0.15, -0.1) is 0 Å². The van der Waals surface area contributed by atoms with Crippen molar-refractivity contribution in [3.8, 4) is 5.82 Å². The van der Waals surface area contributed by atoms with Gasteiger partial charge in [-0.25, -0.2) is 18.9 Å². The number of benzene rings is 1. The van der Waals surface area contributed by atoms with Crippen LogP contribution in [-0.2, 0) is 9.53 Å². The molecule has 0 saturated carbocycles. The lowest BCUT2D eigenvalue weighted by molar-refractivity contribution is -0.129. The number of nitrogens with one attached hydrogen (secondary N) is 1. The zero-order chi connectivity index (χ0) is 22.7. The molecule has 2 unspecified atom stereocenters. The standard InChI is InChI=1S/C22H22ClFN4O3/c1-12-11-13(2)28(27-12)19-10-9-18(23)20(26-19)22(30)31-15(4)21(29)25-14(3)16-5-7-17(24)8-6-16/h5-11,14-15H,1-4H3,(H,25,29). The lowest BCUT2D eigenvalue weighted by atomic mass is 10.1. The molecule has 2 aromatic heterocycles. The number of aryl methyl sites for hydroxylation is 2. The maximum atomic E-state index is 13.1. The molecular formula is C22H22ClFN4O3. The molecule has 162 valence electrons. The van der Waals surface area contributed by atoms with Crippen LogP contribution in [0.25, 0.3) is 5.82 Å². The summed E-state index contributed by atoms with van der Waals surface area (Å²) in [5.41, 5.74) is 2.25. The van der Waals surface area contributed by atoms with Gasteiger partial charge in [0.2, 0.25) is 0 Å². The first-order valence-electron chi connectivity index (χ1n) is 9.62. The zero-order valence-electron chi connectivity index (χ0n) is 17.5. The van der Waals surface area contributed by atoms with Gasteiger partial charge < -0.3 is 10.1 Å². The number of carbonyl (C=O) groups excluding carboxylic acids is 2. The smallest absolute Gasteiger partial charge is 0.359 e. The van der Waals surface area contributed by atoms with E-state index in [1.165, 1.54) is 25.1 Å². The van der Waals surface area contributed by atoms with Gasteiger partial charge in [0.1, 0.15) is 5.82 Å². The van der Waals surface area contributed by atoms with Gasteiger partial charge in [0.15, 0.2) is 17.6 Å². The number of rotatable bonds is 6. The van der Waals surface area contributed by atoms with Crippen LogP contribution >= 0.6 is 11.6 Å². The van der Waals surface area contributed by atoms with Crippen molar-refractivity contribution in [2.45, 2.75) is 39.8 Å². The SMILES string of the molecule is Cc1cc(C)n(-c2ccc(Cl)c(C(=O)OC(C)C(=O)NC(C)c3ccc(F)cc3)n2)n1. The van der Waals surface area contributed by atoms with E-state index < -0.39 is 24.0 Å². The average molecular weight is 445 g/mol. The number of hydrogen-bond donors (Lipinski definition) is 1. The minimum absolute atomic E-state index is 0.0996. The lowest BCUT2D eigenvalue weighted by Crippen LogP contribution is -2.37. The predicted octanol–water partition coefficient (Wildman–Crippen LogP) is 4.10. The molecule has 1 N–H and O–H groups in total. The fourth-order valence-electron chi connectivity index (χ4n) is 2.99. The molecule has 2 atom stereocenters. The van der Waals surface area contributed by atoms with Gasteiger partial charge in [0, 0.05) is 5.69 Å². The molecule has 0 spiro atoms. The lowest BCUT2D eigenvalue weighted by Gasteiger charge is -2.18. The highest BCUT2D eigenvalue weighted by atomic mass is 35.5. The van der Waals surface area contributed by atoms with Crippen molar-refractivity contribution in [3.05, 3.63) is 75.9 Å². The second-order valence-electron chi connectivity index (χ2n) is 7.17. The quantitative estimate of drug-likeness (QED) is 0.578. The van der Waals surface area contributed by atoms with Crippen molar-refractivity contribution in [1.82, 2.24) is 20.1 Å². The van der Waals surface area contributed by atoms with Gasteiger partial charge in [0.25, 0.3) is 5.91 Å². The summed E-state index contributed by atoms with van der Waals surface area (Å²) < 4.78 is 19.9. The molecule has 0 aliphatic carbocycles. The largest absolute Gasteiger partial charge is 0.448 e. The molecule has 1 amide bonds. The van der Waals surface area contributed by atoms with E-state index in [1.54, 1.807) is 29.8 Å². The second kappa shape index (κ2) is 9.26. The Morgan fingerprint density at radius 3 is 2.42 bits per heavy atom. The average Bonchev–Trinajstić information content (AvgIpc) is 3.06. The van der Waals surface area contributed by atoms with Crippen LogP contribution in [0.4, 0.5) is 4.39 Å². The van der Waals surface area contributed by atoms with E-state index in [4.69, 9.17) is 16.3 Å². The van der Waals surface area contributed by atoms with Crippen LogP contribution in [0.1, 0.15) is 47.3 Å². The van der Waals surface area contributed by atoms with E-state index >= 15 is 0 Å². The molecule has 0 bridgehead atoms. The molecule has 7 nitrogen and oxygen atoms in total. The van der Waals surface area contributed by atoms with E-state index in [0.29, 0.717) is 5.82 Å². The third-order valence-corrected chi connectivity index (χ3v) is 4.94. The summed E-state index contributed by atoms with van der Waals surface area (Å²) in [7, 11) is 0. The summed E-state index contributed by atoms with van der Waals surface area (Å²) in [6.07, 6.45) is -1.09. The first kappa shape index (κ1) is 22.4. The molecule has 1 aromatic carbocycles. The molecule has 31 heavy (non-hydrogen) atoms. The van der Waals surface area contributed by atoms with Crippen LogP contribution in [0.5, 0.6) is 0 Å². The molecule has 0 radical (unpaired) electrons. The van der Waals surface area contributed by atoms with Crippen molar-refractivity contribution >= 4 is 23.5 Å². The fraction of sp³-hybridized carbons (Fsp3) is 0.273. The Morgan fingerprint density at radius 1 is 1.13 bits per heavy atom. The number of amides is 1. The molecule has 3 aromatic rings. The molecule has 0 saturated heterocycles. The van der Waals surface area contributed by atoms with Crippen molar-refractivity contribution in [2.24, 2.45) is 0 Å². The molecule has 0 fully saturated rings. The number of esters is 1. The van der Waals surface area contributed by atoms with Crippen LogP contribution in [0.3, 0.4) is 0 Å². The van der Waals surface area contributed by atoms with Crippen molar-refractivity contribution in [1.29, 1.82) is 0 Å². The Balaban J connectivity index is 1.70. The minimum Gasteiger partial charge on any atom is -0.448 e. The van der Waals surface area contributed by atoms with E-state index in [-0.39, 0.29) is 16.5 Å². The molecule has 2 heterocycles. The molecule has 9 heteroatoms. The third-order valence-electron chi connectivity index (χ3n) is 4.63. The zero-order valence-corrected chi connectivity index (χ0v) is 18.3. The molecular weight excluding hydrogens is 423 g/mol. The normalized spacial score (nSPS) is 12.8. The topological polar surface area (TPSA) is 86.1 Å². The van der Waals surface area contributed by atoms with Crippen molar-refractivity contribution in [3.63, 3.8) is 0 Å². The Labute approximate surface area is 184 Å². The van der Waals surface area contributed by atoms with E-state index in [2.05, 4.69) is 15.4 Å². The summed E-state index contributed by atoms with van der Waals surface area (Å²) in [6.45, 7) is 6.91. The number of hydrogen-bond acceptors (Lipinski definition) is 5. The minimum atomic E-state index is -1.09. The summed E-state index contributed by atoms with van der Waals surface area (Å²) in [4.78, 5) is 29.4. The van der Waals surface area contributed by atoms with Gasteiger partial charge >= 0.3 is 5.97 Å². The highest BCUT2D eigenvalue weighted by molar-refractivity contribution is 6.33. The van der Waals surface area contributed by atoms with Crippen molar-refractivity contribution in [2.75, 3.05) is 0 Å².